The van der Waals surface area contributed by atoms with Crippen molar-refractivity contribution < 1.29 is 13.5 Å². The van der Waals surface area contributed by atoms with Crippen molar-refractivity contribution in [1.82, 2.24) is 5.32 Å². The molecule has 2 aromatic rings. The minimum Gasteiger partial charge on any atom is -0.454 e. The molecule has 0 unspecified atom stereocenters. The predicted octanol–water partition coefficient (Wildman–Crippen LogP) is 5.02. The number of nitrogens with one attached hydrogen (secondary N) is 1. The Morgan fingerprint density at radius 1 is 1.10 bits per heavy atom. The van der Waals surface area contributed by atoms with Gasteiger partial charge in [-0.25, -0.2) is 8.78 Å². The molecule has 0 bridgehead atoms. The molecule has 1 N–H and O–H groups in total. The molecule has 0 heterocycles. The van der Waals surface area contributed by atoms with E-state index in [1.165, 1.54) is 0 Å². The molecule has 0 aliphatic rings. The van der Waals surface area contributed by atoms with Crippen molar-refractivity contribution in [2.24, 2.45) is 0 Å². The Labute approximate surface area is 131 Å². The molecular formula is C16H16BrF2NO. The van der Waals surface area contributed by atoms with E-state index in [1.54, 1.807) is 12.1 Å². The highest BCUT2D eigenvalue weighted by molar-refractivity contribution is 9.10. The Hall–Kier alpha value is -1.46. The highest BCUT2D eigenvalue weighted by atomic mass is 79.9. The highest BCUT2D eigenvalue weighted by Crippen LogP contribution is 2.30. The van der Waals surface area contributed by atoms with Crippen LogP contribution in [0.5, 0.6) is 11.5 Å². The van der Waals surface area contributed by atoms with Gasteiger partial charge in [0, 0.05) is 22.6 Å². The lowest BCUT2D eigenvalue weighted by molar-refractivity contribution is 0.430. The molecule has 0 radical (unpaired) electrons. The van der Waals surface area contributed by atoms with Crippen molar-refractivity contribution in [3.8, 4) is 11.5 Å². The SMILES string of the molecule is CCCNCc1cc(Br)ccc1Oc1cc(F)ccc1F. The third-order valence-corrected chi connectivity index (χ3v) is 3.37. The summed E-state index contributed by atoms with van der Waals surface area (Å²) in [6.07, 6.45) is 1.02. The second-order valence-corrected chi connectivity index (χ2v) is 5.52. The number of ether oxygens (including phenoxy) is 1. The standard InChI is InChI=1S/C16H16BrF2NO/c1-2-7-20-10-11-8-12(17)3-6-15(11)21-16-9-13(18)4-5-14(16)19/h3-6,8-9,20H,2,7,10H2,1H3. The van der Waals surface area contributed by atoms with Gasteiger partial charge in [-0.2, -0.15) is 0 Å². The van der Waals surface area contributed by atoms with Crippen LogP contribution in [-0.2, 0) is 6.54 Å². The summed E-state index contributed by atoms with van der Waals surface area (Å²) in [5.74, 6) is -0.735. The summed E-state index contributed by atoms with van der Waals surface area (Å²) in [6.45, 7) is 3.55. The smallest absolute Gasteiger partial charge is 0.165 e. The first kappa shape index (κ1) is 15.9. The lowest BCUT2D eigenvalue weighted by Gasteiger charge is -2.13. The van der Waals surface area contributed by atoms with Gasteiger partial charge >= 0.3 is 0 Å². The van der Waals surface area contributed by atoms with E-state index in [0.29, 0.717) is 12.3 Å². The number of benzene rings is 2. The Balaban J connectivity index is 2.24. The minimum absolute atomic E-state index is 0.117. The second-order valence-electron chi connectivity index (χ2n) is 4.61. The first-order valence-corrected chi connectivity index (χ1v) is 7.51. The Morgan fingerprint density at radius 2 is 1.90 bits per heavy atom. The molecule has 0 aliphatic carbocycles. The van der Waals surface area contributed by atoms with E-state index in [2.05, 4.69) is 28.2 Å². The van der Waals surface area contributed by atoms with Gasteiger partial charge in [0.25, 0.3) is 0 Å². The summed E-state index contributed by atoms with van der Waals surface area (Å²) in [5, 5.41) is 3.26. The Morgan fingerprint density at radius 3 is 2.67 bits per heavy atom. The average Bonchev–Trinajstić information content (AvgIpc) is 2.46. The maximum Gasteiger partial charge on any atom is 0.165 e. The molecule has 0 saturated heterocycles. The molecule has 2 aromatic carbocycles. The zero-order valence-corrected chi connectivity index (χ0v) is 13.2. The number of hydrogen-bond donors (Lipinski definition) is 1. The fraction of sp³-hybridized carbons (Fsp3) is 0.250. The van der Waals surface area contributed by atoms with Gasteiger partial charge in [-0.15, -0.1) is 0 Å². The van der Waals surface area contributed by atoms with E-state index in [1.807, 2.05) is 6.07 Å². The topological polar surface area (TPSA) is 21.3 Å². The van der Waals surface area contributed by atoms with Gasteiger partial charge < -0.3 is 10.1 Å². The maximum atomic E-state index is 13.7. The van der Waals surface area contributed by atoms with E-state index in [0.717, 1.165) is 41.2 Å². The van der Waals surface area contributed by atoms with Crippen LogP contribution in [0.4, 0.5) is 8.78 Å². The highest BCUT2D eigenvalue weighted by Gasteiger charge is 2.10. The van der Waals surface area contributed by atoms with Gasteiger partial charge in [0.2, 0.25) is 0 Å². The van der Waals surface area contributed by atoms with E-state index < -0.39 is 11.6 Å². The predicted molar refractivity (Wildman–Crippen MR) is 82.6 cm³/mol. The summed E-state index contributed by atoms with van der Waals surface area (Å²) in [7, 11) is 0. The second kappa shape index (κ2) is 7.52. The molecule has 0 atom stereocenters. The summed E-state index contributed by atoms with van der Waals surface area (Å²) >= 11 is 3.40. The van der Waals surface area contributed by atoms with Crippen LogP contribution in [0.3, 0.4) is 0 Å². The fourth-order valence-electron chi connectivity index (χ4n) is 1.86. The quantitative estimate of drug-likeness (QED) is 0.734. The third kappa shape index (κ3) is 4.51. The van der Waals surface area contributed by atoms with Gasteiger partial charge in [-0.1, -0.05) is 22.9 Å². The Bertz CT molecular complexity index is 619. The van der Waals surface area contributed by atoms with Crippen LogP contribution in [0.25, 0.3) is 0 Å². The molecule has 5 heteroatoms. The van der Waals surface area contributed by atoms with Crippen LogP contribution in [0, 0.1) is 11.6 Å². The van der Waals surface area contributed by atoms with Gasteiger partial charge in [0.1, 0.15) is 11.6 Å². The third-order valence-electron chi connectivity index (χ3n) is 2.88. The van der Waals surface area contributed by atoms with Crippen LogP contribution in [0.2, 0.25) is 0 Å². The molecule has 0 fully saturated rings. The molecule has 21 heavy (non-hydrogen) atoms. The van der Waals surface area contributed by atoms with E-state index in [-0.39, 0.29) is 5.75 Å². The minimum atomic E-state index is -0.591. The van der Waals surface area contributed by atoms with Crippen LogP contribution >= 0.6 is 15.9 Å². The lowest BCUT2D eigenvalue weighted by Crippen LogP contribution is -2.14. The number of hydrogen-bond acceptors (Lipinski definition) is 2. The first-order chi connectivity index (χ1) is 10.1. The van der Waals surface area contributed by atoms with Crippen molar-refractivity contribution in [1.29, 1.82) is 0 Å². The van der Waals surface area contributed by atoms with Crippen molar-refractivity contribution in [2.45, 2.75) is 19.9 Å². The summed E-state index contributed by atoms with van der Waals surface area (Å²) in [6, 6.07) is 8.59. The first-order valence-electron chi connectivity index (χ1n) is 6.72. The molecular weight excluding hydrogens is 340 g/mol. The largest absolute Gasteiger partial charge is 0.454 e. The zero-order valence-electron chi connectivity index (χ0n) is 11.6. The number of rotatable bonds is 6. The molecule has 0 aliphatic heterocycles. The summed E-state index contributed by atoms with van der Waals surface area (Å²) < 4.78 is 33.3. The summed E-state index contributed by atoms with van der Waals surface area (Å²) in [5.41, 5.74) is 0.876. The van der Waals surface area contributed by atoms with Gasteiger partial charge in [-0.05, 0) is 43.3 Å². The molecule has 112 valence electrons. The van der Waals surface area contributed by atoms with Crippen molar-refractivity contribution in [3.05, 3.63) is 58.1 Å². The van der Waals surface area contributed by atoms with Gasteiger partial charge in [0.15, 0.2) is 11.6 Å². The number of halogens is 3. The van der Waals surface area contributed by atoms with Gasteiger partial charge in [-0.3, -0.25) is 0 Å². The average molecular weight is 356 g/mol. The van der Waals surface area contributed by atoms with Crippen molar-refractivity contribution >= 4 is 15.9 Å². The normalized spacial score (nSPS) is 10.7. The van der Waals surface area contributed by atoms with Crippen molar-refractivity contribution in [2.75, 3.05) is 6.54 Å². The molecule has 0 spiro atoms. The maximum absolute atomic E-state index is 13.7. The van der Waals surface area contributed by atoms with Crippen LogP contribution < -0.4 is 10.1 Å². The molecule has 2 nitrogen and oxygen atoms in total. The van der Waals surface area contributed by atoms with E-state index in [4.69, 9.17) is 4.74 Å². The molecule has 0 aromatic heterocycles. The van der Waals surface area contributed by atoms with Crippen LogP contribution in [0.1, 0.15) is 18.9 Å². The van der Waals surface area contributed by atoms with E-state index in [9.17, 15) is 8.78 Å². The molecule has 2 rings (SSSR count). The van der Waals surface area contributed by atoms with Crippen molar-refractivity contribution in [3.63, 3.8) is 0 Å². The summed E-state index contributed by atoms with van der Waals surface area (Å²) in [4.78, 5) is 0. The van der Waals surface area contributed by atoms with Crippen LogP contribution in [0.15, 0.2) is 40.9 Å². The molecule has 0 saturated carbocycles. The van der Waals surface area contributed by atoms with Crippen LogP contribution in [-0.4, -0.2) is 6.54 Å². The fourth-order valence-corrected chi connectivity index (χ4v) is 2.27. The van der Waals surface area contributed by atoms with Gasteiger partial charge in [0.05, 0.1) is 0 Å². The monoisotopic (exact) mass is 355 g/mol. The van der Waals surface area contributed by atoms with E-state index >= 15 is 0 Å². The molecule has 0 amide bonds. The zero-order chi connectivity index (χ0) is 15.2. The lowest BCUT2D eigenvalue weighted by atomic mass is 10.2. The Kier molecular flexibility index (Phi) is 5.70.